The molecule has 1 N–H and O–H groups in total. The molecule has 1 aliphatic heterocycles. The minimum Gasteiger partial charge on any atom is -0.288 e. The van der Waals surface area contributed by atoms with Crippen molar-refractivity contribution in [3.8, 4) is 0 Å². The molecule has 1 amide bonds. The molecule has 0 unspecified atom stereocenters. The van der Waals surface area contributed by atoms with Gasteiger partial charge in [-0.1, -0.05) is 30.3 Å². The third-order valence-electron chi connectivity index (χ3n) is 3.68. The summed E-state index contributed by atoms with van der Waals surface area (Å²) in [5.41, 5.74) is 5.83. The van der Waals surface area contributed by atoms with E-state index in [2.05, 4.69) is 17.6 Å². The van der Waals surface area contributed by atoms with Gasteiger partial charge in [0.05, 0.1) is 10.3 Å². The molecule has 0 radical (unpaired) electrons. The molecule has 1 heterocycles. The number of para-hydroxylation sites is 1. The average molecular weight is 345 g/mol. The first-order valence-electron chi connectivity index (χ1n) is 7.67. The van der Waals surface area contributed by atoms with Crippen molar-refractivity contribution >= 4 is 35.1 Å². The molecule has 0 atom stereocenters. The largest absolute Gasteiger partial charge is 0.288 e. The molecule has 0 aliphatic carbocycles. The van der Waals surface area contributed by atoms with Crippen LogP contribution in [0.1, 0.15) is 26.9 Å². The maximum absolute atomic E-state index is 12.4. The van der Waals surface area contributed by atoms with Crippen molar-refractivity contribution < 1.29 is 4.79 Å². The SMILES string of the molecule is CN(NC(=O)c1ccc(C2SCCCS2)cc1)c1ccccc1. The van der Waals surface area contributed by atoms with Crippen LogP contribution in [0.15, 0.2) is 54.6 Å². The molecule has 1 saturated heterocycles. The van der Waals surface area contributed by atoms with Gasteiger partial charge in [0.1, 0.15) is 0 Å². The van der Waals surface area contributed by atoms with Gasteiger partial charge in [0.15, 0.2) is 0 Å². The molecule has 0 aromatic heterocycles. The van der Waals surface area contributed by atoms with Crippen molar-refractivity contribution in [3.63, 3.8) is 0 Å². The number of hydrogen-bond donors (Lipinski definition) is 1. The van der Waals surface area contributed by atoms with Gasteiger partial charge in [0.25, 0.3) is 5.91 Å². The Bertz CT molecular complexity index is 640. The average Bonchev–Trinajstić information content (AvgIpc) is 2.63. The van der Waals surface area contributed by atoms with E-state index < -0.39 is 0 Å². The van der Waals surface area contributed by atoms with Crippen LogP contribution < -0.4 is 10.4 Å². The van der Waals surface area contributed by atoms with Gasteiger partial charge in [-0.3, -0.25) is 15.2 Å². The molecule has 2 aromatic rings. The standard InChI is InChI=1S/C18H20N2OS2/c1-20(16-6-3-2-4-7-16)19-17(21)14-8-10-15(11-9-14)18-22-12-5-13-23-18/h2-4,6-11,18H,5,12-13H2,1H3,(H,19,21). The molecule has 0 bridgehead atoms. The third kappa shape index (κ3) is 4.24. The van der Waals surface area contributed by atoms with Crippen LogP contribution in [0.25, 0.3) is 0 Å². The molecule has 120 valence electrons. The molecule has 2 aromatic carbocycles. The Balaban J connectivity index is 1.63. The topological polar surface area (TPSA) is 32.3 Å². The van der Waals surface area contributed by atoms with Crippen LogP contribution in [-0.2, 0) is 0 Å². The summed E-state index contributed by atoms with van der Waals surface area (Å²) in [4.78, 5) is 12.4. The second-order valence-electron chi connectivity index (χ2n) is 5.38. The molecule has 1 aliphatic rings. The zero-order valence-electron chi connectivity index (χ0n) is 13.1. The van der Waals surface area contributed by atoms with E-state index in [1.807, 2.05) is 73.0 Å². The van der Waals surface area contributed by atoms with Gasteiger partial charge in [-0.05, 0) is 47.8 Å². The number of carbonyl (C=O) groups is 1. The summed E-state index contributed by atoms with van der Waals surface area (Å²) in [6, 6.07) is 17.8. The van der Waals surface area contributed by atoms with Crippen LogP contribution in [0.3, 0.4) is 0 Å². The summed E-state index contributed by atoms with van der Waals surface area (Å²) in [6.45, 7) is 0. The Hall–Kier alpha value is -1.59. The van der Waals surface area contributed by atoms with Gasteiger partial charge in [-0.2, -0.15) is 0 Å². The number of hydrazine groups is 1. The van der Waals surface area contributed by atoms with Gasteiger partial charge in [-0.15, -0.1) is 23.5 Å². The van der Waals surface area contributed by atoms with Gasteiger partial charge in [0.2, 0.25) is 0 Å². The first kappa shape index (κ1) is 16.3. The van der Waals surface area contributed by atoms with E-state index in [1.165, 1.54) is 23.5 Å². The van der Waals surface area contributed by atoms with E-state index in [-0.39, 0.29) is 5.91 Å². The summed E-state index contributed by atoms with van der Waals surface area (Å²) in [7, 11) is 1.84. The molecular weight excluding hydrogens is 324 g/mol. The lowest BCUT2D eigenvalue weighted by Gasteiger charge is -2.22. The lowest BCUT2D eigenvalue weighted by Crippen LogP contribution is -2.39. The quantitative estimate of drug-likeness (QED) is 0.837. The fourth-order valence-corrected chi connectivity index (χ4v) is 5.30. The highest BCUT2D eigenvalue weighted by Crippen LogP contribution is 2.43. The molecule has 1 fully saturated rings. The summed E-state index contributed by atoms with van der Waals surface area (Å²) < 4.78 is 0.507. The molecule has 5 heteroatoms. The Morgan fingerprint density at radius 2 is 1.70 bits per heavy atom. The van der Waals surface area contributed by atoms with Crippen LogP contribution in [0.4, 0.5) is 5.69 Å². The van der Waals surface area contributed by atoms with E-state index in [0.29, 0.717) is 10.1 Å². The number of carbonyl (C=O) groups excluding carboxylic acids is 1. The summed E-state index contributed by atoms with van der Waals surface area (Å²) in [5, 5.41) is 1.74. The van der Waals surface area contributed by atoms with Crippen LogP contribution >= 0.6 is 23.5 Å². The predicted octanol–water partition coefficient (Wildman–Crippen LogP) is 4.34. The van der Waals surface area contributed by atoms with Gasteiger partial charge < -0.3 is 0 Å². The summed E-state index contributed by atoms with van der Waals surface area (Å²) in [6.07, 6.45) is 1.29. The molecule has 23 heavy (non-hydrogen) atoms. The first-order valence-corrected chi connectivity index (χ1v) is 9.77. The van der Waals surface area contributed by atoms with E-state index in [0.717, 1.165) is 5.69 Å². The molecule has 3 rings (SSSR count). The molecular formula is C18H20N2OS2. The Morgan fingerprint density at radius 3 is 2.35 bits per heavy atom. The van der Waals surface area contributed by atoms with Crippen molar-refractivity contribution in [3.05, 3.63) is 65.7 Å². The molecule has 0 saturated carbocycles. The zero-order chi connectivity index (χ0) is 16.1. The minimum absolute atomic E-state index is 0.0909. The number of thioether (sulfide) groups is 2. The lowest BCUT2D eigenvalue weighted by atomic mass is 10.1. The number of nitrogens with zero attached hydrogens (tertiary/aromatic N) is 1. The van der Waals surface area contributed by atoms with E-state index in [4.69, 9.17) is 0 Å². The Labute approximate surface area is 145 Å². The van der Waals surface area contributed by atoms with E-state index in [1.54, 1.807) is 5.01 Å². The van der Waals surface area contributed by atoms with Crippen molar-refractivity contribution in [2.75, 3.05) is 23.6 Å². The van der Waals surface area contributed by atoms with Crippen LogP contribution in [0.2, 0.25) is 0 Å². The van der Waals surface area contributed by atoms with E-state index in [9.17, 15) is 4.79 Å². The number of hydrogen-bond acceptors (Lipinski definition) is 4. The lowest BCUT2D eigenvalue weighted by molar-refractivity contribution is 0.0951. The number of rotatable bonds is 4. The second kappa shape index (κ2) is 7.79. The number of benzene rings is 2. The maximum atomic E-state index is 12.4. The second-order valence-corrected chi connectivity index (χ2v) is 8.11. The highest BCUT2D eigenvalue weighted by atomic mass is 32.2. The summed E-state index contributed by atoms with van der Waals surface area (Å²) in [5.74, 6) is 2.36. The van der Waals surface area contributed by atoms with Gasteiger partial charge >= 0.3 is 0 Å². The molecule has 0 spiro atoms. The minimum atomic E-state index is -0.0909. The summed E-state index contributed by atoms with van der Waals surface area (Å²) >= 11 is 3.99. The van der Waals surface area contributed by atoms with E-state index >= 15 is 0 Å². The number of anilines is 1. The van der Waals surface area contributed by atoms with Gasteiger partial charge in [-0.25, -0.2) is 0 Å². The van der Waals surface area contributed by atoms with Crippen molar-refractivity contribution in [2.24, 2.45) is 0 Å². The smallest absolute Gasteiger partial charge is 0.269 e. The van der Waals surface area contributed by atoms with Crippen molar-refractivity contribution in [2.45, 2.75) is 11.0 Å². The predicted molar refractivity (Wildman–Crippen MR) is 101 cm³/mol. The van der Waals surface area contributed by atoms with Crippen molar-refractivity contribution in [1.29, 1.82) is 0 Å². The monoisotopic (exact) mass is 344 g/mol. The zero-order valence-corrected chi connectivity index (χ0v) is 14.7. The van der Waals surface area contributed by atoms with Crippen LogP contribution in [0.5, 0.6) is 0 Å². The number of amides is 1. The fraction of sp³-hybridized carbons (Fsp3) is 0.278. The Kier molecular flexibility index (Phi) is 5.51. The Morgan fingerprint density at radius 1 is 1.04 bits per heavy atom. The van der Waals surface area contributed by atoms with Gasteiger partial charge in [0, 0.05) is 12.6 Å². The van der Waals surface area contributed by atoms with Crippen LogP contribution in [-0.4, -0.2) is 24.5 Å². The highest BCUT2D eigenvalue weighted by Gasteiger charge is 2.17. The third-order valence-corrected chi connectivity index (χ3v) is 6.70. The number of nitrogens with one attached hydrogen (secondary N) is 1. The highest BCUT2D eigenvalue weighted by molar-refractivity contribution is 8.16. The first-order chi connectivity index (χ1) is 11.2. The normalized spacial score (nSPS) is 15.2. The van der Waals surface area contributed by atoms with Crippen molar-refractivity contribution in [1.82, 2.24) is 5.43 Å². The fourth-order valence-electron chi connectivity index (χ4n) is 2.40. The van der Waals surface area contributed by atoms with Crippen LogP contribution in [0, 0.1) is 0 Å². The molecule has 3 nitrogen and oxygen atoms in total. The maximum Gasteiger partial charge on any atom is 0.269 e.